The zero-order chi connectivity index (χ0) is 15.4. The number of rotatable bonds is 5. The van der Waals surface area contributed by atoms with Crippen LogP contribution >= 0.6 is 31.9 Å². The van der Waals surface area contributed by atoms with Crippen molar-refractivity contribution in [2.75, 3.05) is 7.11 Å². The predicted octanol–water partition coefficient (Wildman–Crippen LogP) is 4.79. The Hall–Kier alpha value is -0.980. The Morgan fingerprint density at radius 1 is 1.05 bits per heavy atom. The van der Waals surface area contributed by atoms with Gasteiger partial charge in [-0.15, -0.1) is 0 Å². The highest BCUT2D eigenvalue weighted by Gasteiger charge is 2.09. The topological polar surface area (TPSA) is 21.3 Å². The summed E-state index contributed by atoms with van der Waals surface area (Å²) in [5.41, 5.74) is 1.64. The van der Waals surface area contributed by atoms with Crippen LogP contribution in [0, 0.1) is 11.6 Å². The lowest BCUT2D eigenvalue weighted by molar-refractivity contribution is 0.405. The van der Waals surface area contributed by atoms with Gasteiger partial charge < -0.3 is 10.1 Å². The first kappa shape index (κ1) is 16.4. The van der Waals surface area contributed by atoms with Gasteiger partial charge in [0, 0.05) is 23.1 Å². The summed E-state index contributed by atoms with van der Waals surface area (Å²) in [6.07, 6.45) is 0. The first-order valence-electron chi connectivity index (χ1n) is 6.18. The molecule has 2 aromatic carbocycles. The van der Waals surface area contributed by atoms with Crippen LogP contribution in [0.4, 0.5) is 8.78 Å². The van der Waals surface area contributed by atoms with E-state index >= 15 is 0 Å². The first-order valence-corrected chi connectivity index (χ1v) is 7.76. The van der Waals surface area contributed by atoms with Crippen LogP contribution in [0.5, 0.6) is 5.75 Å². The Balaban J connectivity index is 2.05. The number of halogens is 4. The highest BCUT2D eigenvalue weighted by molar-refractivity contribution is 9.11. The molecule has 21 heavy (non-hydrogen) atoms. The summed E-state index contributed by atoms with van der Waals surface area (Å²) >= 11 is 6.86. The normalized spacial score (nSPS) is 10.7. The summed E-state index contributed by atoms with van der Waals surface area (Å²) in [6.45, 7) is 0.977. The van der Waals surface area contributed by atoms with Gasteiger partial charge in [-0.05, 0) is 45.8 Å². The predicted molar refractivity (Wildman–Crippen MR) is 85.3 cm³/mol. The number of hydrogen-bond acceptors (Lipinski definition) is 2. The first-order chi connectivity index (χ1) is 10.0. The third-order valence-electron chi connectivity index (χ3n) is 2.92. The molecule has 2 rings (SSSR count). The third-order valence-corrected chi connectivity index (χ3v) is 3.96. The maximum atomic E-state index is 13.1. The lowest BCUT2D eigenvalue weighted by Gasteiger charge is -2.12. The van der Waals surface area contributed by atoms with Crippen molar-refractivity contribution in [1.82, 2.24) is 5.32 Å². The molecule has 0 saturated heterocycles. The Morgan fingerprint density at radius 2 is 1.81 bits per heavy atom. The fraction of sp³-hybridized carbons (Fsp3) is 0.200. The lowest BCUT2D eigenvalue weighted by atomic mass is 10.2. The Labute approximate surface area is 138 Å². The smallest absolute Gasteiger partial charge is 0.159 e. The Bertz CT molecular complexity index is 650. The molecular weight excluding hydrogens is 408 g/mol. The van der Waals surface area contributed by atoms with E-state index in [1.807, 2.05) is 12.1 Å². The van der Waals surface area contributed by atoms with Gasteiger partial charge in [-0.3, -0.25) is 0 Å². The van der Waals surface area contributed by atoms with Gasteiger partial charge in [-0.2, -0.15) is 0 Å². The van der Waals surface area contributed by atoms with Crippen LogP contribution in [0.25, 0.3) is 0 Å². The lowest BCUT2D eigenvalue weighted by Crippen LogP contribution is -2.14. The van der Waals surface area contributed by atoms with E-state index < -0.39 is 11.6 Å². The summed E-state index contributed by atoms with van der Waals surface area (Å²) in [7, 11) is 1.60. The molecule has 0 spiro atoms. The van der Waals surface area contributed by atoms with Crippen LogP contribution in [0.3, 0.4) is 0 Å². The van der Waals surface area contributed by atoms with E-state index in [9.17, 15) is 8.78 Å². The molecule has 0 heterocycles. The van der Waals surface area contributed by atoms with Crippen molar-refractivity contribution in [2.45, 2.75) is 13.1 Å². The van der Waals surface area contributed by atoms with Crippen molar-refractivity contribution >= 4 is 31.9 Å². The van der Waals surface area contributed by atoms with Crippen LogP contribution in [0.1, 0.15) is 11.1 Å². The Morgan fingerprint density at radius 3 is 2.48 bits per heavy atom. The molecule has 112 valence electrons. The van der Waals surface area contributed by atoms with Gasteiger partial charge in [0.2, 0.25) is 0 Å². The van der Waals surface area contributed by atoms with Crippen molar-refractivity contribution in [3.63, 3.8) is 0 Å². The summed E-state index contributed by atoms with van der Waals surface area (Å²) in [5, 5.41) is 3.18. The molecule has 0 fully saturated rings. The van der Waals surface area contributed by atoms with Gasteiger partial charge in [-0.25, -0.2) is 8.78 Å². The quantitative estimate of drug-likeness (QED) is 0.750. The second-order valence-corrected chi connectivity index (χ2v) is 6.20. The minimum Gasteiger partial charge on any atom is -0.495 e. The summed E-state index contributed by atoms with van der Waals surface area (Å²) in [5.74, 6) is -0.926. The minimum atomic E-state index is -0.837. The van der Waals surface area contributed by atoms with Crippen molar-refractivity contribution < 1.29 is 13.5 Å². The van der Waals surface area contributed by atoms with Crippen LogP contribution < -0.4 is 10.1 Å². The molecule has 6 heteroatoms. The molecule has 0 atom stereocenters. The average molecular weight is 421 g/mol. The average Bonchev–Trinajstić information content (AvgIpc) is 2.42. The fourth-order valence-electron chi connectivity index (χ4n) is 1.96. The third kappa shape index (κ3) is 4.25. The molecule has 2 nitrogen and oxygen atoms in total. The number of methoxy groups -OCH3 is 1. The van der Waals surface area contributed by atoms with Gasteiger partial charge in [0.15, 0.2) is 11.6 Å². The van der Waals surface area contributed by atoms with Crippen molar-refractivity contribution in [3.8, 4) is 5.75 Å². The fourth-order valence-corrected chi connectivity index (χ4v) is 3.44. The maximum absolute atomic E-state index is 13.1. The summed E-state index contributed by atoms with van der Waals surface area (Å²) in [4.78, 5) is 0. The summed E-state index contributed by atoms with van der Waals surface area (Å²) in [6, 6.07) is 7.72. The van der Waals surface area contributed by atoms with E-state index in [4.69, 9.17) is 4.74 Å². The molecule has 0 radical (unpaired) electrons. The molecule has 0 amide bonds. The second-order valence-electron chi connectivity index (χ2n) is 4.43. The molecule has 0 aliphatic carbocycles. The monoisotopic (exact) mass is 419 g/mol. The van der Waals surface area contributed by atoms with Crippen molar-refractivity contribution in [2.24, 2.45) is 0 Å². The van der Waals surface area contributed by atoms with Gasteiger partial charge >= 0.3 is 0 Å². The molecular formula is C15H13Br2F2NO. The van der Waals surface area contributed by atoms with E-state index in [2.05, 4.69) is 37.2 Å². The van der Waals surface area contributed by atoms with Crippen molar-refractivity contribution in [1.29, 1.82) is 0 Å². The molecule has 0 bridgehead atoms. The van der Waals surface area contributed by atoms with E-state index in [-0.39, 0.29) is 0 Å². The van der Waals surface area contributed by atoms with Crippen molar-refractivity contribution in [3.05, 3.63) is 62.0 Å². The zero-order valence-electron chi connectivity index (χ0n) is 11.2. The standard InChI is InChI=1S/C15H13Br2F2NO/c1-21-15-10(5-11(16)6-12(15)17)8-20-7-9-2-3-13(18)14(19)4-9/h2-6,20H,7-8H2,1H3. The van der Waals surface area contributed by atoms with Gasteiger partial charge in [0.1, 0.15) is 5.75 Å². The maximum Gasteiger partial charge on any atom is 0.159 e. The summed E-state index contributed by atoms with van der Waals surface area (Å²) < 4.78 is 33.1. The van der Waals surface area contributed by atoms with Crippen LogP contribution in [0.2, 0.25) is 0 Å². The molecule has 1 N–H and O–H groups in total. The largest absolute Gasteiger partial charge is 0.495 e. The number of hydrogen-bond donors (Lipinski definition) is 1. The molecule has 0 aromatic heterocycles. The molecule has 0 aliphatic heterocycles. The molecule has 0 saturated carbocycles. The number of nitrogens with one attached hydrogen (secondary N) is 1. The van der Waals surface area contributed by atoms with Crippen LogP contribution in [-0.4, -0.2) is 7.11 Å². The van der Waals surface area contributed by atoms with Crippen LogP contribution in [0.15, 0.2) is 39.3 Å². The van der Waals surface area contributed by atoms with Gasteiger partial charge in [0.25, 0.3) is 0 Å². The van der Waals surface area contributed by atoms with Crippen LogP contribution in [-0.2, 0) is 13.1 Å². The minimum absolute atomic E-state index is 0.435. The highest BCUT2D eigenvalue weighted by Crippen LogP contribution is 2.32. The molecule has 2 aromatic rings. The van der Waals surface area contributed by atoms with E-state index in [1.165, 1.54) is 6.07 Å². The Kier molecular flexibility index (Phi) is 5.72. The molecule has 0 aliphatic rings. The second kappa shape index (κ2) is 7.33. The molecule has 0 unspecified atom stereocenters. The highest BCUT2D eigenvalue weighted by atomic mass is 79.9. The van der Waals surface area contributed by atoms with E-state index in [0.717, 1.165) is 26.3 Å². The SMILES string of the molecule is COc1c(Br)cc(Br)cc1CNCc1ccc(F)c(F)c1. The number of ether oxygens (including phenoxy) is 1. The number of benzene rings is 2. The van der Waals surface area contributed by atoms with Gasteiger partial charge in [-0.1, -0.05) is 22.0 Å². The van der Waals surface area contributed by atoms with Gasteiger partial charge in [0.05, 0.1) is 11.6 Å². The van der Waals surface area contributed by atoms with E-state index in [0.29, 0.717) is 18.7 Å². The van der Waals surface area contributed by atoms with E-state index in [1.54, 1.807) is 13.2 Å². The zero-order valence-corrected chi connectivity index (χ0v) is 14.4.